The summed E-state index contributed by atoms with van der Waals surface area (Å²) in [6, 6.07) is 4.80. The molecule has 1 unspecified atom stereocenters. The van der Waals surface area contributed by atoms with Crippen molar-refractivity contribution in [2.75, 3.05) is 13.2 Å². The minimum absolute atomic E-state index is 0.0354. The number of nitrogens with zero attached hydrogens (tertiary/aromatic N) is 2. The molecule has 1 aromatic heterocycles. The number of phenolic OH excluding ortho intramolecular Hbond substituents is 1. The van der Waals surface area contributed by atoms with E-state index in [2.05, 4.69) is 10.1 Å². The summed E-state index contributed by atoms with van der Waals surface area (Å²) in [6.07, 6.45) is 1.80. The number of phenols is 1. The van der Waals surface area contributed by atoms with Gasteiger partial charge in [0, 0.05) is 25.2 Å². The number of hydrogen-bond donors (Lipinski definition) is 1. The molecule has 0 aliphatic carbocycles. The van der Waals surface area contributed by atoms with Gasteiger partial charge < -0.3 is 14.4 Å². The maximum absolute atomic E-state index is 9.37. The van der Waals surface area contributed by atoms with Gasteiger partial charge in [-0.1, -0.05) is 16.8 Å². The number of aromatic hydroxyl groups is 1. The Morgan fingerprint density at radius 1 is 1.42 bits per heavy atom. The lowest BCUT2D eigenvalue weighted by molar-refractivity contribution is 0.185. The Hall–Kier alpha value is -1.59. The first-order chi connectivity index (χ1) is 9.22. The molecule has 19 heavy (non-hydrogen) atoms. The van der Waals surface area contributed by atoms with E-state index in [0.29, 0.717) is 23.2 Å². The van der Waals surface area contributed by atoms with Crippen LogP contribution >= 0.6 is 11.6 Å². The highest BCUT2D eigenvalue weighted by Crippen LogP contribution is 2.28. The highest BCUT2D eigenvalue weighted by molar-refractivity contribution is 6.32. The summed E-state index contributed by atoms with van der Waals surface area (Å²) in [6.45, 7) is 1.57. The fraction of sp³-hybridized carbons (Fsp3) is 0.385. The van der Waals surface area contributed by atoms with Crippen LogP contribution in [0.5, 0.6) is 5.75 Å². The second-order valence-corrected chi connectivity index (χ2v) is 5.02. The van der Waals surface area contributed by atoms with Gasteiger partial charge in [0.15, 0.2) is 5.82 Å². The Kier molecular flexibility index (Phi) is 3.40. The molecule has 1 aromatic carbocycles. The lowest BCUT2D eigenvalue weighted by Gasteiger charge is -2.01. The van der Waals surface area contributed by atoms with E-state index in [1.54, 1.807) is 12.1 Å². The van der Waals surface area contributed by atoms with Gasteiger partial charge in [0.1, 0.15) is 5.75 Å². The molecule has 0 saturated carbocycles. The van der Waals surface area contributed by atoms with Crippen LogP contribution in [0.1, 0.15) is 12.2 Å². The van der Waals surface area contributed by atoms with Crippen LogP contribution in [-0.2, 0) is 11.2 Å². The first-order valence-corrected chi connectivity index (χ1v) is 6.49. The molecular formula is C13H13ClN2O3. The standard InChI is InChI=1S/C13H13ClN2O3/c14-10-6-9(1-2-11(10)17)13-15-12(16-19-13)5-8-3-4-18-7-8/h1-2,6,8,17H,3-5,7H2. The third-order valence-electron chi connectivity index (χ3n) is 3.16. The summed E-state index contributed by atoms with van der Waals surface area (Å²) in [5, 5.41) is 13.6. The van der Waals surface area contributed by atoms with Gasteiger partial charge in [-0.05, 0) is 30.5 Å². The number of ether oxygens (including phenoxy) is 1. The molecule has 0 amide bonds. The summed E-state index contributed by atoms with van der Waals surface area (Å²) in [5.74, 6) is 1.59. The predicted octanol–water partition coefficient (Wildman–Crippen LogP) is 2.67. The fourth-order valence-electron chi connectivity index (χ4n) is 2.10. The molecule has 1 aliphatic heterocycles. The van der Waals surface area contributed by atoms with Crippen molar-refractivity contribution in [1.82, 2.24) is 10.1 Å². The lowest BCUT2D eigenvalue weighted by Crippen LogP contribution is -2.04. The van der Waals surface area contributed by atoms with E-state index >= 15 is 0 Å². The molecule has 100 valence electrons. The monoisotopic (exact) mass is 280 g/mol. The second kappa shape index (κ2) is 5.19. The van der Waals surface area contributed by atoms with Gasteiger partial charge in [-0.2, -0.15) is 4.98 Å². The molecule has 1 saturated heterocycles. The predicted molar refractivity (Wildman–Crippen MR) is 69.0 cm³/mol. The highest BCUT2D eigenvalue weighted by atomic mass is 35.5. The van der Waals surface area contributed by atoms with E-state index < -0.39 is 0 Å². The average Bonchev–Trinajstić information content (AvgIpc) is 3.05. The molecule has 0 bridgehead atoms. The Balaban J connectivity index is 1.78. The number of aromatic nitrogens is 2. The SMILES string of the molecule is Oc1ccc(-c2nc(CC3CCOC3)no2)cc1Cl. The van der Waals surface area contributed by atoms with E-state index in [4.69, 9.17) is 20.9 Å². The number of benzene rings is 1. The average molecular weight is 281 g/mol. The second-order valence-electron chi connectivity index (χ2n) is 4.62. The molecule has 0 spiro atoms. The van der Waals surface area contributed by atoms with Crippen LogP contribution in [0.25, 0.3) is 11.5 Å². The molecule has 1 atom stereocenters. The summed E-state index contributed by atoms with van der Waals surface area (Å²) < 4.78 is 10.5. The van der Waals surface area contributed by atoms with Crippen LogP contribution in [0.2, 0.25) is 5.02 Å². The normalized spacial score (nSPS) is 18.9. The largest absolute Gasteiger partial charge is 0.506 e. The molecule has 3 rings (SSSR count). The van der Waals surface area contributed by atoms with Crippen LogP contribution < -0.4 is 0 Å². The van der Waals surface area contributed by atoms with E-state index in [9.17, 15) is 5.11 Å². The van der Waals surface area contributed by atoms with Crippen LogP contribution in [-0.4, -0.2) is 28.5 Å². The van der Waals surface area contributed by atoms with Crippen LogP contribution in [0, 0.1) is 5.92 Å². The van der Waals surface area contributed by atoms with Crippen LogP contribution in [0.4, 0.5) is 0 Å². The number of halogens is 1. The van der Waals surface area contributed by atoms with Crippen molar-refractivity contribution >= 4 is 11.6 Å². The summed E-state index contributed by atoms with van der Waals surface area (Å²) in [5.41, 5.74) is 0.698. The van der Waals surface area contributed by atoms with Crippen LogP contribution in [0.15, 0.2) is 22.7 Å². The van der Waals surface area contributed by atoms with Gasteiger partial charge in [0.2, 0.25) is 0 Å². The van der Waals surface area contributed by atoms with E-state index in [1.165, 1.54) is 6.07 Å². The van der Waals surface area contributed by atoms with Crippen molar-refractivity contribution in [1.29, 1.82) is 0 Å². The molecule has 0 radical (unpaired) electrons. The van der Waals surface area contributed by atoms with Gasteiger partial charge in [-0.3, -0.25) is 0 Å². The minimum atomic E-state index is 0.0354. The smallest absolute Gasteiger partial charge is 0.257 e. The number of hydrogen-bond acceptors (Lipinski definition) is 5. The molecule has 5 nitrogen and oxygen atoms in total. The zero-order valence-electron chi connectivity index (χ0n) is 10.2. The first kappa shape index (κ1) is 12.4. The first-order valence-electron chi connectivity index (χ1n) is 6.11. The zero-order valence-corrected chi connectivity index (χ0v) is 10.9. The molecule has 1 N–H and O–H groups in total. The summed E-state index contributed by atoms with van der Waals surface area (Å²) >= 11 is 5.85. The number of rotatable bonds is 3. The van der Waals surface area contributed by atoms with Crippen molar-refractivity contribution in [3.63, 3.8) is 0 Å². The maximum atomic E-state index is 9.37. The van der Waals surface area contributed by atoms with Crippen molar-refractivity contribution in [2.45, 2.75) is 12.8 Å². The Morgan fingerprint density at radius 2 is 2.32 bits per heavy atom. The lowest BCUT2D eigenvalue weighted by atomic mass is 10.1. The topological polar surface area (TPSA) is 68.4 Å². The molecule has 2 heterocycles. The minimum Gasteiger partial charge on any atom is -0.506 e. The molecule has 2 aromatic rings. The zero-order chi connectivity index (χ0) is 13.2. The van der Waals surface area contributed by atoms with E-state index in [1.807, 2.05) is 0 Å². The summed E-state index contributed by atoms with van der Waals surface area (Å²) in [7, 11) is 0. The van der Waals surface area contributed by atoms with Gasteiger partial charge in [-0.15, -0.1) is 0 Å². The van der Waals surface area contributed by atoms with Crippen molar-refractivity contribution in [3.8, 4) is 17.2 Å². The molecule has 1 fully saturated rings. The summed E-state index contributed by atoms with van der Waals surface area (Å²) in [4.78, 5) is 4.34. The van der Waals surface area contributed by atoms with Crippen LogP contribution in [0.3, 0.4) is 0 Å². The quantitative estimate of drug-likeness (QED) is 0.936. The van der Waals surface area contributed by atoms with Gasteiger partial charge in [0.05, 0.1) is 5.02 Å². The van der Waals surface area contributed by atoms with Gasteiger partial charge in [0.25, 0.3) is 5.89 Å². The van der Waals surface area contributed by atoms with Gasteiger partial charge >= 0.3 is 0 Å². The molecule has 6 heteroatoms. The Bertz CT molecular complexity index is 579. The van der Waals surface area contributed by atoms with Crippen molar-refractivity contribution in [3.05, 3.63) is 29.0 Å². The van der Waals surface area contributed by atoms with Gasteiger partial charge in [-0.25, -0.2) is 0 Å². The third kappa shape index (κ3) is 2.72. The van der Waals surface area contributed by atoms with Crippen molar-refractivity contribution in [2.24, 2.45) is 5.92 Å². The molecular weight excluding hydrogens is 268 g/mol. The highest BCUT2D eigenvalue weighted by Gasteiger charge is 2.19. The Morgan fingerprint density at radius 3 is 3.05 bits per heavy atom. The fourth-order valence-corrected chi connectivity index (χ4v) is 2.28. The van der Waals surface area contributed by atoms with Crippen molar-refractivity contribution < 1.29 is 14.4 Å². The third-order valence-corrected chi connectivity index (χ3v) is 3.46. The van der Waals surface area contributed by atoms with E-state index in [0.717, 1.165) is 26.1 Å². The van der Waals surface area contributed by atoms with E-state index in [-0.39, 0.29) is 10.8 Å². The molecule has 1 aliphatic rings. The Labute approximate surface area is 115 Å². The maximum Gasteiger partial charge on any atom is 0.257 e.